The number of H-pyrrole nitrogens is 1. The summed E-state index contributed by atoms with van der Waals surface area (Å²) in [7, 11) is 0. The smallest absolute Gasteiger partial charge is 0.251 e. The number of ether oxygens (including phenoxy) is 1. The number of hydrogen-bond donors (Lipinski definition) is 1. The second kappa shape index (κ2) is 6.05. The van der Waals surface area contributed by atoms with Crippen LogP contribution in [-0.4, -0.2) is 39.6 Å². The maximum atomic E-state index is 11.7. The van der Waals surface area contributed by atoms with E-state index in [-0.39, 0.29) is 11.6 Å². The molecule has 3 heterocycles. The van der Waals surface area contributed by atoms with Crippen molar-refractivity contribution in [3.05, 3.63) is 44.0 Å². The second-order valence-corrected chi connectivity index (χ2v) is 6.12. The Balaban J connectivity index is 1.87. The second-order valence-electron chi connectivity index (χ2n) is 5.18. The van der Waals surface area contributed by atoms with Crippen molar-refractivity contribution in [1.82, 2.24) is 19.9 Å². The summed E-state index contributed by atoms with van der Waals surface area (Å²) < 4.78 is 5.59. The molecule has 2 aromatic rings. The predicted molar refractivity (Wildman–Crippen MR) is 80.4 cm³/mol. The average molecular weight is 306 g/mol. The minimum absolute atomic E-state index is 0.0150. The van der Waals surface area contributed by atoms with E-state index in [9.17, 15) is 4.79 Å². The lowest BCUT2D eigenvalue weighted by molar-refractivity contribution is -0.0140. The summed E-state index contributed by atoms with van der Waals surface area (Å²) in [5.74, 6) is 0.636. The number of thiazole rings is 1. The van der Waals surface area contributed by atoms with Crippen LogP contribution < -0.4 is 5.56 Å². The first-order valence-corrected chi connectivity index (χ1v) is 7.80. The van der Waals surface area contributed by atoms with E-state index in [2.05, 4.69) is 19.9 Å². The molecular weight excluding hydrogens is 288 g/mol. The van der Waals surface area contributed by atoms with E-state index in [1.54, 1.807) is 24.3 Å². The van der Waals surface area contributed by atoms with Gasteiger partial charge in [-0.25, -0.2) is 9.97 Å². The number of morpholine rings is 1. The number of hydrogen-bond acceptors (Lipinski definition) is 6. The Hall–Kier alpha value is -1.57. The highest BCUT2D eigenvalue weighted by Gasteiger charge is 2.27. The van der Waals surface area contributed by atoms with Crippen LogP contribution in [0.3, 0.4) is 0 Å². The van der Waals surface area contributed by atoms with Gasteiger partial charge in [0.05, 0.1) is 36.2 Å². The van der Waals surface area contributed by atoms with Crippen LogP contribution in [0.1, 0.15) is 28.1 Å². The molecule has 1 saturated heterocycles. The summed E-state index contributed by atoms with van der Waals surface area (Å²) in [4.78, 5) is 26.7. The zero-order chi connectivity index (χ0) is 14.8. The number of aromatic nitrogens is 3. The van der Waals surface area contributed by atoms with Crippen molar-refractivity contribution in [2.24, 2.45) is 0 Å². The number of nitrogens with one attached hydrogen (secondary N) is 1. The van der Waals surface area contributed by atoms with Crippen molar-refractivity contribution in [3.63, 3.8) is 0 Å². The van der Waals surface area contributed by atoms with Gasteiger partial charge in [0.15, 0.2) is 0 Å². The minimum Gasteiger partial charge on any atom is -0.378 e. The van der Waals surface area contributed by atoms with Crippen LogP contribution in [-0.2, 0) is 11.3 Å². The summed E-state index contributed by atoms with van der Waals surface area (Å²) in [6, 6.07) is 1.58. The van der Waals surface area contributed by atoms with Crippen LogP contribution in [0.5, 0.6) is 0 Å². The van der Waals surface area contributed by atoms with E-state index in [0.717, 1.165) is 24.5 Å². The van der Waals surface area contributed by atoms with E-state index in [1.807, 2.05) is 12.4 Å². The summed E-state index contributed by atoms with van der Waals surface area (Å²) in [5.41, 5.74) is 3.60. The van der Waals surface area contributed by atoms with Crippen molar-refractivity contribution in [3.8, 4) is 0 Å². The SMILES string of the molecule is Cc1nc(C2COCCN2Cc2scnc2C)cc(=O)[nH]1. The van der Waals surface area contributed by atoms with Crippen molar-refractivity contribution < 1.29 is 4.74 Å². The zero-order valence-corrected chi connectivity index (χ0v) is 12.9. The zero-order valence-electron chi connectivity index (χ0n) is 12.1. The molecule has 2 aromatic heterocycles. The van der Waals surface area contributed by atoms with Gasteiger partial charge in [0.25, 0.3) is 5.56 Å². The molecule has 7 heteroatoms. The molecule has 21 heavy (non-hydrogen) atoms. The fourth-order valence-corrected chi connectivity index (χ4v) is 3.34. The van der Waals surface area contributed by atoms with E-state index < -0.39 is 0 Å². The van der Waals surface area contributed by atoms with Crippen molar-refractivity contribution in [2.75, 3.05) is 19.8 Å². The summed E-state index contributed by atoms with van der Waals surface area (Å²) >= 11 is 1.66. The van der Waals surface area contributed by atoms with Gasteiger partial charge in [-0.1, -0.05) is 0 Å². The highest BCUT2D eigenvalue weighted by molar-refractivity contribution is 7.09. The van der Waals surface area contributed by atoms with E-state index >= 15 is 0 Å². The summed E-state index contributed by atoms with van der Waals surface area (Å²) in [6.07, 6.45) is 0. The first-order chi connectivity index (χ1) is 10.1. The molecule has 6 nitrogen and oxygen atoms in total. The molecule has 0 bridgehead atoms. The van der Waals surface area contributed by atoms with Gasteiger partial charge in [-0.3, -0.25) is 9.69 Å². The van der Waals surface area contributed by atoms with Crippen LogP contribution >= 0.6 is 11.3 Å². The van der Waals surface area contributed by atoms with Crippen molar-refractivity contribution in [1.29, 1.82) is 0 Å². The number of rotatable bonds is 3. The third kappa shape index (κ3) is 3.20. The summed E-state index contributed by atoms with van der Waals surface area (Å²) in [6.45, 7) is 6.74. The van der Waals surface area contributed by atoms with Gasteiger partial charge in [0.2, 0.25) is 0 Å². The third-order valence-corrected chi connectivity index (χ3v) is 4.57. The monoisotopic (exact) mass is 306 g/mol. The molecular formula is C14H18N4O2S. The molecule has 0 amide bonds. The standard InChI is InChI=1S/C14H18N4O2S/c1-9-13(21-8-15-9)6-18-3-4-20-7-12(18)11-5-14(19)17-10(2)16-11/h5,8,12H,3-4,6-7H2,1-2H3,(H,16,17,19). The van der Waals surface area contributed by atoms with Gasteiger partial charge in [-0.05, 0) is 13.8 Å². The Bertz CT molecular complexity index is 682. The maximum Gasteiger partial charge on any atom is 0.251 e. The molecule has 1 aliphatic rings. The van der Waals surface area contributed by atoms with Crippen molar-refractivity contribution in [2.45, 2.75) is 26.4 Å². The normalized spacial score (nSPS) is 19.8. The topological polar surface area (TPSA) is 71.1 Å². The van der Waals surface area contributed by atoms with Gasteiger partial charge in [-0.15, -0.1) is 11.3 Å². The first kappa shape index (κ1) is 14.4. The van der Waals surface area contributed by atoms with Gasteiger partial charge in [0, 0.05) is 24.0 Å². The highest BCUT2D eigenvalue weighted by atomic mass is 32.1. The molecule has 0 saturated carbocycles. The van der Waals surface area contributed by atoms with E-state index in [4.69, 9.17) is 4.74 Å². The lowest BCUT2D eigenvalue weighted by Crippen LogP contribution is -2.40. The maximum absolute atomic E-state index is 11.7. The Morgan fingerprint density at radius 3 is 3.10 bits per heavy atom. The average Bonchev–Trinajstić information content (AvgIpc) is 2.84. The fraction of sp³-hybridized carbons (Fsp3) is 0.500. The summed E-state index contributed by atoms with van der Waals surface area (Å²) in [5, 5.41) is 0. The number of aryl methyl sites for hydroxylation is 2. The van der Waals surface area contributed by atoms with Crippen LogP contribution in [0.25, 0.3) is 0 Å². The molecule has 1 fully saturated rings. The van der Waals surface area contributed by atoms with Crippen LogP contribution in [0.15, 0.2) is 16.4 Å². The Kier molecular flexibility index (Phi) is 4.14. The largest absolute Gasteiger partial charge is 0.378 e. The number of nitrogens with zero attached hydrogens (tertiary/aromatic N) is 3. The predicted octanol–water partition coefficient (Wildman–Crippen LogP) is 1.42. The number of aromatic amines is 1. The van der Waals surface area contributed by atoms with Gasteiger partial charge in [-0.2, -0.15) is 0 Å². The fourth-order valence-electron chi connectivity index (χ4n) is 2.54. The van der Waals surface area contributed by atoms with Crippen LogP contribution in [0, 0.1) is 13.8 Å². The molecule has 1 N–H and O–H groups in total. The lowest BCUT2D eigenvalue weighted by atomic mass is 10.1. The lowest BCUT2D eigenvalue weighted by Gasteiger charge is -2.34. The molecule has 1 atom stereocenters. The van der Waals surface area contributed by atoms with Crippen molar-refractivity contribution >= 4 is 11.3 Å². The van der Waals surface area contributed by atoms with E-state index in [1.165, 1.54) is 4.88 Å². The third-order valence-electron chi connectivity index (χ3n) is 3.65. The molecule has 0 aliphatic carbocycles. The molecule has 1 unspecified atom stereocenters. The van der Waals surface area contributed by atoms with Crippen LogP contribution in [0.2, 0.25) is 0 Å². The van der Waals surface area contributed by atoms with Gasteiger partial charge >= 0.3 is 0 Å². The Labute approximate surface area is 126 Å². The quantitative estimate of drug-likeness (QED) is 0.928. The minimum atomic E-state index is -0.114. The first-order valence-electron chi connectivity index (χ1n) is 6.92. The Morgan fingerprint density at radius 2 is 2.38 bits per heavy atom. The van der Waals surface area contributed by atoms with Crippen LogP contribution in [0.4, 0.5) is 0 Å². The molecule has 112 valence electrons. The highest BCUT2D eigenvalue weighted by Crippen LogP contribution is 2.26. The van der Waals surface area contributed by atoms with E-state index in [0.29, 0.717) is 19.0 Å². The molecule has 0 radical (unpaired) electrons. The van der Waals surface area contributed by atoms with Gasteiger partial charge in [0.1, 0.15) is 5.82 Å². The Morgan fingerprint density at radius 1 is 1.52 bits per heavy atom. The molecule has 3 rings (SSSR count). The van der Waals surface area contributed by atoms with Gasteiger partial charge < -0.3 is 9.72 Å². The molecule has 0 spiro atoms. The molecule has 0 aromatic carbocycles. The molecule has 1 aliphatic heterocycles.